The van der Waals surface area contributed by atoms with Crippen LogP contribution in [0.15, 0.2) is 18.2 Å². The van der Waals surface area contributed by atoms with Crippen LogP contribution in [-0.4, -0.2) is 79.5 Å². The zero-order chi connectivity index (χ0) is 33.0. The number of anilines is 2. The Morgan fingerprint density at radius 2 is 1.87 bits per heavy atom. The topological polar surface area (TPSA) is 102 Å². The molecule has 1 saturated heterocycles. The van der Waals surface area contributed by atoms with Crippen molar-refractivity contribution in [1.29, 1.82) is 0 Å². The van der Waals surface area contributed by atoms with E-state index in [2.05, 4.69) is 48.8 Å². The third-order valence-electron chi connectivity index (χ3n) is 8.76. The minimum absolute atomic E-state index is 0.0803. The molecular weight excluding hydrogens is 604 g/mol. The van der Waals surface area contributed by atoms with Crippen molar-refractivity contribution in [2.75, 3.05) is 55.7 Å². The summed E-state index contributed by atoms with van der Waals surface area (Å²) in [6.07, 6.45) is 5.92. The summed E-state index contributed by atoms with van der Waals surface area (Å²) in [4.78, 5) is 46.5. The summed E-state index contributed by atoms with van der Waals surface area (Å²) in [6.45, 7) is 17.0. The van der Waals surface area contributed by atoms with Gasteiger partial charge in [-0.3, -0.25) is 14.6 Å². The monoisotopic (exact) mass is 652 g/mol. The third kappa shape index (κ3) is 8.09. The maximum Gasteiger partial charge on any atom is 0.510 e. The summed E-state index contributed by atoms with van der Waals surface area (Å²) >= 11 is 1.64. The summed E-state index contributed by atoms with van der Waals surface area (Å²) in [5.41, 5.74) is 4.93. The highest BCUT2D eigenvalue weighted by molar-refractivity contribution is 7.06. The smallest absolute Gasteiger partial charge is 0.462 e. The molecule has 2 atom stereocenters. The second-order valence-corrected chi connectivity index (χ2v) is 14.7. The zero-order valence-electron chi connectivity index (χ0n) is 28.1. The lowest BCUT2D eigenvalue weighted by Gasteiger charge is -2.35. The highest BCUT2D eigenvalue weighted by Crippen LogP contribution is 2.35. The Balaban J connectivity index is 1.20. The maximum atomic E-state index is 13.3. The predicted molar refractivity (Wildman–Crippen MR) is 180 cm³/mol. The van der Waals surface area contributed by atoms with Gasteiger partial charge in [0.25, 0.3) is 6.23 Å². The molecule has 1 aromatic heterocycles. The third-order valence-corrected chi connectivity index (χ3v) is 9.67. The van der Waals surface area contributed by atoms with E-state index in [1.54, 1.807) is 18.5 Å². The average Bonchev–Trinajstić information content (AvgIpc) is 3.57. The predicted octanol–water partition coefficient (Wildman–Crippen LogP) is 5.78. The Morgan fingerprint density at radius 1 is 1.11 bits per heavy atom. The molecule has 2 unspecified atom stereocenters. The van der Waals surface area contributed by atoms with Crippen LogP contribution in [0.1, 0.15) is 74.6 Å². The van der Waals surface area contributed by atoms with Crippen molar-refractivity contribution in [1.82, 2.24) is 9.27 Å². The van der Waals surface area contributed by atoms with Crippen molar-refractivity contribution < 1.29 is 28.6 Å². The molecule has 0 radical (unpaired) electrons. The number of hydrogen-bond donors (Lipinski definition) is 0. The number of carbonyl (C=O) groups excluding carboxylic acids is 3. The molecule has 0 bridgehead atoms. The lowest BCUT2D eigenvalue weighted by Crippen LogP contribution is -2.47. The summed E-state index contributed by atoms with van der Waals surface area (Å²) in [5.74, 6) is 0.105. The molecule has 2 aromatic rings. The Bertz CT molecular complexity index is 1460. The van der Waals surface area contributed by atoms with Crippen molar-refractivity contribution in [3.8, 4) is 0 Å². The van der Waals surface area contributed by atoms with Crippen LogP contribution in [0, 0.1) is 18.3 Å². The number of allylic oxidation sites excluding steroid dienone is 1. The van der Waals surface area contributed by atoms with E-state index in [0.29, 0.717) is 5.69 Å². The van der Waals surface area contributed by atoms with Gasteiger partial charge in [-0.15, -0.1) is 0 Å². The maximum absolute atomic E-state index is 13.3. The number of nitrogens with zero attached hydrogens (tertiary/aromatic N) is 4. The molecule has 250 valence electrons. The van der Waals surface area contributed by atoms with E-state index in [9.17, 15) is 14.4 Å². The van der Waals surface area contributed by atoms with Gasteiger partial charge < -0.3 is 19.1 Å². The van der Waals surface area contributed by atoms with Crippen LogP contribution in [0.5, 0.6) is 0 Å². The van der Waals surface area contributed by atoms with E-state index in [1.807, 2.05) is 19.9 Å². The number of benzene rings is 1. The summed E-state index contributed by atoms with van der Waals surface area (Å²) in [7, 11) is 0. The van der Waals surface area contributed by atoms with Crippen molar-refractivity contribution in [2.24, 2.45) is 11.3 Å². The lowest BCUT2D eigenvalue weighted by atomic mass is 9.86. The van der Waals surface area contributed by atoms with Gasteiger partial charge in [0.15, 0.2) is 0 Å². The van der Waals surface area contributed by atoms with Gasteiger partial charge in [0.1, 0.15) is 5.82 Å². The number of esters is 1. The fourth-order valence-electron chi connectivity index (χ4n) is 6.70. The van der Waals surface area contributed by atoms with Crippen LogP contribution in [0.25, 0.3) is 6.08 Å². The first-order valence-corrected chi connectivity index (χ1v) is 17.3. The Kier molecular flexibility index (Phi) is 10.7. The normalized spacial score (nSPS) is 17.8. The van der Waals surface area contributed by atoms with Gasteiger partial charge in [-0.05, 0) is 85.2 Å². The molecule has 11 heteroatoms. The van der Waals surface area contributed by atoms with Gasteiger partial charge in [-0.2, -0.15) is 4.37 Å². The Labute approximate surface area is 276 Å². The molecule has 3 aliphatic rings. The van der Waals surface area contributed by atoms with Gasteiger partial charge >= 0.3 is 12.1 Å². The highest BCUT2D eigenvalue weighted by Gasteiger charge is 2.41. The van der Waals surface area contributed by atoms with Crippen molar-refractivity contribution in [3.63, 3.8) is 0 Å². The molecule has 5 rings (SSSR count). The summed E-state index contributed by atoms with van der Waals surface area (Å²) in [5, 5.41) is 0. The molecule has 3 heterocycles. The van der Waals surface area contributed by atoms with E-state index >= 15 is 0 Å². The largest absolute Gasteiger partial charge is 0.510 e. The van der Waals surface area contributed by atoms with E-state index in [0.717, 1.165) is 80.9 Å². The minimum Gasteiger partial charge on any atom is -0.462 e. The zero-order valence-corrected chi connectivity index (χ0v) is 28.9. The molecule has 0 saturated carbocycles. The minimum atomic E-state index is -1.56. The number of carbonyl (C=O) groups is 3. The molecular formula is C35H48N4O6S. The van der Waals surface area contributed by atoms with Gasteiger partial charge in [-0.25, -0.2) is 9.59 Å². The summed E-state index contributed by atoms with van der Waals surface area (Å²) < 4.78 is 20.8. The van der Waals surface area contributed by atoms with Crippen molar-refractivity contribution >= 4 is 47.1 Å². The lowest BCUT2D eigenvalue weighted by molar-refractivity contribution is -0.156. The Hall–Kier alpha value is -3.44. The summed E-state index contributed by atoms with van der Waals surface area (Å²) in [6, 6.07) is 3.97. The number of piperazine rings is 1. The quantitative estimate of drug-likeness (QED) is 0.280. The Morgan fingerprint density at radius 3 is 2.59 bits per heavy atom. The van der Waals surface area contributed by atoms with Crippen LogP contribution in [0.2, 0.25) is 0 Å². The van der Waals surface area contributed by atoms with Gasteiger partial charge in [0.05, 0.1) is 25.3 Å². The first-order valence-electron chi connectivity index (χ1n) is 16.5. The number of rotatable bonds is 11. The number of amides is 1. The first-order chi connectivity index (χ1) is 21.9. The standard InChI is InChI=1S/C35H48N4O6S/c1-7-43-33(41)32(45-34(42)44-22-23(2)21-35(4,5)6)39-28-18-24(3)25(19-26(28)20-30(39)40)12-13-37-14-16-38(17-15-37)31-27-10-8-9-11-29(27)46-36-31/h8,10,18-19,23,32H,7,9,11-17,20-22H2,1-6H3. The second kappa shape index (κ2) is 14.5. The van der Waals surface area contributed by atoms with E-state index in [-0.39, 0.29) is 36.9 Å². The number of ether oxygens (including phenoxy) is 3. The van der Waals surface area contributed by atoms with Crippen LogP contribution < -0.4 is 9.80 Å². The molecule has 10 nitrogen and oxygen atoms in total. The molecule has 1 amide bonds. The van der Waals surface area contributed by atoms with Crippen LogP contribution in [0.4, 0.5) is 16.3 Å². The molecule has 2 aliphatic heterocycles. The van der Waals surface area contributed by atoms with E-state index in [4.69, 9.17) is 18.6 Å². The highest BCUT2D eigenvalue weighted by atomic mass is 32.1. The average molecular weight is 653 g/mol. The van der Waals surface area contributed by atoms with Gasteiger partial charge in [-0.1, -0.05) is 45.9 Å². The first kappa shape index (κ1) is 33.9. The number of aryl methyl sites for hydroxylation is 2. The molecule has 1 aliphatic carbocycles. The SMILES string of the molecule is CCOC(=O)C(OC(=O)OCC(C)CC(C)(C)C)N1C(=O)Cc2cc(CCN3CCN(c4nsc5c4C=CCC5)CC3)c(C)cc21. The molecule has 0 spiro atoms. The van der Waals surface area contributed by atoms with Crippen LogP contribution in [-0.2, 0) is 43.1 Å². The molecule has 1 aromatic carbocycles. The van der Waals surface area contributed by atoms with Crippen LogP contribution >= 0.6 is 11.5 Å². The van der Waals surface area contributed by atoms with E-state index in [1.165, 1.54) is 15.3 Å². The molecule has 1 fully saturated rings. The molecule has 0 N–H and O–H groups in total. The fourth-order valence-corrected chi connectivity index (χ4v) is 7.57. The number of aromatic nitrogens is 1. The molecule has 46 heavy (non-hydrogen) atoms. The van der Waals surface area contributed by atoms with Gasteiger partial charge in [0.2, 0.25) is 5.91 Å². The van der Waals surface area contributed by atoms with Crippen molar-refractivity contribution in [3.05, 3.63) is 45.3 Å². The number of hydrogen-bond acceptors (Lipinski definition) is 10. The second-order valence-electron chi connectivity index (χ2n) is 13.9. The number of fused-ring (bicyclic) bond motifs is 2. The van der Waals surface area contributed by atoms with Crippen LogP contribution in [0.3, 0.4) is 0 Å². The van der Waals surface area contributed by atoms with Gasteiger partial charge in [0, 0.05) is 43.2 Å². The van der Waals surface area contributed by atoms with Crippen molar-refractivity contribution in [2.45, 2.75) is 79.9 Å². The fraction of sp³-hybridized carbons (Fsp3) is 0.600. The van der Waals surface area contributed by atoms with E-state index < -0.39 is 18.4 Å².